The summed E-state index contributed by atoms with van der Waals surface area (Å²) in [6.07, 6.45) is 0. The number of carbonyl (C=O) groups excluding carboxylic acids is 2. The van der Waals surface area contributed by atoms with E-state index in [1.807, 2.05) is 0 Å². The molecule has 0 saturated carbocycles. The molecule has 3 rings (SSSR count). The lowest BCUT2D eigenvalue weighted by Gasteiger charge is -2.04. The Morgan fingerprint density at radius 2 is 1.67 bits per heavy atom. The van der Waals surface area contributed by atoms with Crippen molar-refractivity contribution >= 4 is 34.5 Å². The van der Waals surface area contributed by atoms with Crippen molar-refractivity contribution in [2.24, 2.45) is 0 Å². The number of hydrogen-bond acceptors (Lipinski definition) is 6. The Balaban J connectivity index is 1.77. The fourth-order valence-electron chi connectivity index (χ4n) is 1.99. The highest BCUT2D eigenvalue weighted by Gasteiger charge is 2.19. The molecule has 3 aromatic rings. The van der Waals surface area contributed by atoms with Crippen molar-refractivity contribution in [1.29, 1.82) is 0 Å². The van der Waals surface area contributed by atoms with Gasteiger partial charge in [-0.25, -0.2) is 24.2 Å². The maximum atomic E-state index is 11.9. The maximum absolute atomic E-state index is 11.9. The quantitative estimate of drug-likeness (QED) is 0.402. The number of benzene rings is 2. The lowest BCUT2D eigenvalue weighted by molar-refractivity contribution is -0.187. The molecule has 0 unspecified atom stereocenters. The van der Waals surface area contributed by atoms with E-state index in [4.69, 9.17) is 16.0 Å². The Bertz CT molecular complexity index is 992. The lowest BCUT2D eigenvalue weighted by atomic mass is 10.2. The van der Waals surface area contributed by atoms with Crippen molar-refractivity contribution in [2.75, 3.05) is 0 Å². The van der Waals surface area contributed by atoms with Gasteiger partial charge < -0.3 is 4.42 Å². The standard InChI is InChI=1S/C17H9ClO6/c18-12-6-3-5-11(8-12)15(19)23-24-17(21)13-9-10-4-1-2-7-14(10)22-16(13)20/h1-9H. The molecular weight excluding hydrogens is 336 g/mol. The molecule has 0 bridgehead atoms. The van der Waals surface area contributed by atoms with E-state index in [0.717, 1.165) is 0 Å². The van der Waals surface area contributed by atoms with E-state index in [1.165, 1.54) is 18.2 Å². The summed E-state index contributed by atoms with van der Waals surface area (Å²) in [5, 5.41) is 0.858. The number of para-hydroxylation sites is 1. The second-order valence-electron chi connectivity index (χ2n) is 4.74. The number of carbonyl (C=O) groups is 2. The van der Waals surface area contributed by atoms with Crippen molar-refractivity contribution < 1.29 is 23.8 Å². The van der Waals surface area contributed by atoms with Gasteiger partial charge in [0, 0.05) is 10.4 Å². The van der Waals surface area contributed by atoms with Crippen LogP contribution in [0.15, 0.2) is 63.8 Å². The molecule has 1 aromatic heterocycles. The SMILES string of the molecule is O=C(OOC(=O)c1cc2ccccc2oc1=O)c1cccc(Cl)c1. The van der Waals surface area contributed by atoms with Gasteiger partial charge in [0.05, 0.1) is 5.56 Å². The molecule has 0 atom stereocenters. The summed E-state index contributed by atoms with van der Waals surface area (Å²) >= 11 is 5.75. The molecule has 1 heterocycles. The monoisotopic (exact) mass is 344 g/mol. The van der Waals surface area contributed by atoms with Crippen LogP contribution in [-0.4, -0.2) is 11.9 Å². The molecule has 6 nitrogen and oxygen atoms in total. The fraction of sp³-hybridized carbons (Fsp3) is 0. The Labute approximate surface area is 140 Å². The molecule has 0 aliphatic rings. The van der Waals surface area contributed by atoms with Crippen molar-refractivity contribution in [3.05, 3.63) is 81.2 Å². The van der Waals surface area contributed by atoms with Crippen LogP contribution in [0.3, 0.4) is 0 Å². The van der Waals surface area contributed by atoms with Gasteiger partial charge in [0.2, 0.25) is 0 Å². The normalized spacial score (nSPS) is 10.4. The van der Waals surface area contributed by atoms with Crippen molar-refractivity contribution in [2.45, 2.75) is 0 Å². The van der Waals surface area contributed by atoms with Gasteiger partial charge in [-0.15, -0.1) is 0 Å². The first kappa shape index (κ1) is 15.8. The second-order valence-corrected chi connectivity index (χ2v) is 5.17. The average molecular weight is 345 g/mol. The van der Waals surface area contributed by atoms with Gasteiger partial charge in [-0.3, -0.25) is 0 Å². The largest absolute Gasteiger partial charge is 0.422 e. The van der Waals surface area contributed by atoms with E-state index in [0.29, 0.717) is 16.0 Å². The summed E-state index contributed by atoms with van der Waals surface area (Å²) in [4.78, 5) is 44.4. The minimum Gasteiger partial charge on any atom is -0.422 e. The number of rotatable bonds is 2. The van der Waals surface area contributed by atoms with Gasteiger partial charge >= 0.3 is 17.6 Å². The number of halogens is 1. The Morgan fingerprint density at radius 1 is 0.917 bits per heavy atom. The van der Waals surface area contributed by atoms with Crippen molar-refractivity contribution in [1.82, 2.24) is 0 Å². The predicted molar refractivity (Wildman–Crippen MR) is 84.8 cm³/mol. The molecule has 0 aliphatic carbocycles. The van der Waals surface area contributed by atoms with Crippen LogP contribution < -0.4 is 5.63 Å². The van der Waals surface area contributed by atoms with E-state index >= 15 is 0 Å². The molecule has 0 amide bonds. The van der Waals surface area contributed by atoms with Crippen LogP contribution in [0, 0.1) is 0 Å². The molecule has 2 aromatic carbocycles. The van der Waals surface area contributed by atoms with Crippen LogP contribution in [0.25, 0.3) is 11.0 Å². The fourth-order valence-corrected chi connectivity index (χ4v) is 2.18. The predicted octanol–water partition coefficient (Wildman–Crippen LogP) is 3.38. The van der Waals surface area contributed by atoms with Gasteiger partial charge in [0.15, 0.2) is 5.56 Å². The highest BCUT2D eigenvalue weighted by molar-refractivity contribution is 6.30. The Kier molecular flexibility index (Phi) is 4.31. The highest BCUT2D eigenvalue weighted by Crippen LogP contribution is 2.14. The van der Waals surface area contributed by atoms with Gasteiger partial charge in [0.1, 0.15) is 5.58 Å². The summed E-state index contributed by atoms with van der Waals surface area (Å²) < 4.78 is 5.01. The van der Waals surface area contributed by atoms with Gasteiger partial charge in [-0.05, 0) is 30.3 Å². The van der Waals surface area contributed by atoms with Crippen LogP contribution in [0.4, 0.5) is 0 Å². The highest BCUT2D eigenvalue weighted by atomic mass is 35.5. The first-order valence-corrected chi connectivity index (χ1v) is 7.14. The van der Waals surface area contributed by atoms with Crippen LogP contribution in [0.1, 0.15) is 20.7 Å². The Hall–Kier alpha value is -3.12. The average Bonchev–Trinajstić information content (AvgIpc) is 2.58. The molecule has 0 spiro atoms. The van der Waals surface area contributed by atoms with E-state index in [9.17, 15) is 14.4 Å². The third-order valence-electron chi connectivity index (χ3n) is 3.11. The van der Waals surface area contributed by atoms with Crippen LogP contribution in [0.5, 0.6) is 0 Å². The lowest BCUT2D eigenvalue weighted by Crippen LogP contribution is -2.18. The summed E-state index contributed by atoms with van der Waals surface area (Å²) in [6.45, 7) is 0. The van der Waals surface area contributed by atoms with Crippen molar-refractivity contribution in [3.8, 4) is 0 Å². The third kappa shape index (κ3) is 3.28. The van der Waals surface area contributed by atoms with E-state index < -0.39 is 17.6 Å². The van der Waals surface area contributed by atoms with Gasteiger partial charge in [0.25, 0.3) is 0 Å². The summed E-state index contributed by atoms with van der Waals surface area (Å²) in [5.74, 6) is -2.05. The molecular formula is C17H9ClO6. The smallest absolute Gasteiger partial charge is 0.393 e. The number of hydrogen-bond donors (Lipinski definition) is 0. The molecule has 0 fully saturated rings. The first-order valence-electron chi connectivity index (χ1n) is 6.76. The zero-order valence-electron chi connectivity index (χ0n) is 12.0. The Morgan fingerprint density at radius 3 is 2.46 bits per heavy atom. The van der Waals surface area contributed by atoms with Crippen LogP contribution in [0.2, 0.25) is 5.02 Å². The maximum Gasteiger partial charge on any atom is 0.393 e. The third-order valence-corrected chi connectivity index (χ3v) is 3.35. The molecule has 0 radical (unpaired) electrons. The molecule has 0 saturated heterocycles. The van der Waals surface area contributed by atoms with Gasteiger partial charge in [-0.1, -0.05) is 35.9 Å². The summed E-state index contributed by atoms with van der Waals surface area (Å²) in [6, 6.07) is 13.9. The van der Waals surface area contributed by atoms with Crippen molar-refractivity contribution in [3.63, 3.8) is 0 Å². The number of fused-ring (bicyclic) bond motifs is 1. The minimum absolute atomic E-state index is 0.0980. The van der Waals surface area contributed by atoms with Crippen LogP contribution >= 0.6 is 11.6 Å². The molecule has 7 heteroatoms. The zero-order valence-corrected chi connectivity index (χ0v) is 12.8. The first-order chi connectivity index (χ1) is 11.5. The zero-order chi connectivity index (χ0) is 17.1. The van der Waals surface area contributed by atoms with Gasteiger partial charge in [-0.2, -0.15) is 0 Å². The topological polar surface area (TPSA) is 82.8 Å². The second kappa shape index (κ2) is 6.55. The minimum atomic E-state index is -1.13. The molecule has 0 aliphatic heterocycles. The van der Waals surface area contributed by atoms with E-state index in [2.05, 4.69) is 9.78 Å². The van der Waals surface area contributed by atoms with E-state index in [1.54, 1.807) is 36.4 Å². The molecule has 120 valence electrons. The summed E-state index contributed by atoms with van der Waals surface area (Å²) in [7, 11) is 0. The van der Waals surface area contributed by atoms with Crippen LogP contribution in [-0.2, 0) is 9.78 Å². The molecule has 0 N–H and O–H groups in total. The summed E-state index contributed by atoms with van der Waals surface area (Å²) in [5.41, 5.74) is -0.846. The molecule has 24 heavy (non-hydrogen) atoms. The van der Waals surface area contributed by atoms with E-state index in [-0.39, 0.29) is 11.1 Å².